The van der Waals surface area contributed by atoms with Crippen molar-refractivity contribution in [1.29, 1.82) is 0 Å². The SMILES string of the molecule is COc1cc(N2CCc3nc(NC(=O)Nc4ccc(F)cc4C(=O)NC(C)C)sc3C2)cnc1OC. The van der Waals surface area contributed by atoms with E-state index in [1.807, 2.05) is 6.07 Å². The number of methoxy groups -OCH3 is 2. The highest BCUT2D eigenvalue weighted by molar-refractivity contribution is 7.15. The summed E-state index contributed by atoms with van der Waals surface area (Å²) in [5, 5.41) is 8.48. The summed E-state index contributed by atoms with van der Waals surface area (Å²) in [5.74, 6) is -0.0856. The average molecular weight is 515 g/mol. The Hall–Kier alpha value is -3.93. The van der Waals surface area contributed by atoms with Gasteiger partial charge in [0.25, 0.3) is 11.8 Å². The van der Waals surface area contributed by atoms with Crippen LogP contribution in [0.25, 0.3) is 0 Å². The van der Waals surface area contributed by atoms with Crippen molar-refractivity contribution in [3.8, 4) is 11.6 Å². The van der Waals surface area contributed by atoms with E-state index in [0.717, 1.165) is 28.9 Å². The second-order valence-electron chi connectivity index (χ2n) is 8.36. The Balaban J connectivity index is 1.44. The number of benzene rings is 1. The lowest BCUT2D eigenvalue weighted by Crippen LogP contribution is -2.31. The van der Waals surface area contributed by atoms with Crippen LogP contribution in [0.15, 0.2) is 30.5 Å². The zero-order valence-electron chi connectivity index (χ0n) is 20.3. The molecule has 1 aromatic carbocycles. The molecular weight excluding hydrogens is 487 g/mol. The zero-order valence-corrected chi connectivity index (χ0v) is 21.2. The number of amides is 3. The van der Waals surface area contributed by atoms with Crippen molar-refractivity contribution in [2.24, 2.45) is 0 Å². The summed E-state index contributed by atoms with van der Waals surface area (Å²) in [6, 6.07) is 4.78. The number of urea groups is 1. The first kappa shape index (κ1) is 25.2. The Labute approximate surface area is 211 Å². The molecule has 3 N–H and O–H groups in total. The molecule has 10 nitrogen and oxygen atoms in total. The van der Waals surface area contributed by atoms with E-state index in [1.165, 1.54) is 30.6 Å². The van der Waals surface area contributed by atoms with Gasteiger partial charge >= 0.3 is 6.03 Å². The Morgan fingerprint density at radius 1 is 1.17 bits per heavy atom. The third-order valence-electron chi connectivity index (χ3n) is 5.43. The van der Waals surface area contributed by atoms with Gasteiger partial charge in [-0.1, -0.05) is 11.3 Å². The predicted octanol–water partition coefficient (Wildman–Crippen LogP) is 4.04. The first-order valence-electron chi connectivity index (χ1n) is 11.3. The molecule has 0 fully saturated rings. The molecule has 0 saturated heterocycles. The average Bonchev–Trinajstić information content (AvgIpc) is 3.25. The van der Waals surface area contributed by atoms with Crippen molar-refractivity contribution in [2.45, 2.75) is 32.9 Å². The van der Waals surface area contributed by atoms with Crippen LogP contribution in [0.5, 0.6) is 11.6 Å². The maximum Gasteiger partial charge on any atom is 0.325 e. The van der Waals surface area contributed by atoms with Crippen molar-refractivity contribution in [3.05, 3.63) is 52.4 Å². The first-order chi connectivity index (χ1) is 17.3. The fourth-order valence-corrected chi connectivity index (χ4v) is 4.79. The minimum Gasteiger partial charge on any atom is -0.491 e. The summed E-state index contributed by atoms with van der Waals surface area (Å²) >= 11 is 1.37. The molecule has 0 aliphatic carbocycles. The van der Waals surface area contributed by atoms with E-state index in [0.29, 0.717) is 29.7 Å². The van der Waals surface area contributed by atoms with Crippen LogP contribution >= 0.6 is 11.3 Å². The summed E-state index contributed by atoms with van der Waals surface area (Å²) < 4.78 is 24.3. The van der Waals surface area contributed by atoms with Crippen molar-refractivity contribution in [1.82, 2.24) is 15.3 Å². The maximum absolute atomic E-state index is 13.8. The molecule has 1 aliphatic rings. The van der Waals surface area contributed by atoms with Crippen LogP contribution in [0.2, 0.25) is 0 Å². The molecule has 3 heterocycles. The number of hydrogen-bond donors (Lipinski definition) is 3. The number of nitrogens with one attached hydrogen (secondary N) is 3. The largest absolute Gasteiger partial charge is 0.491 e. The maximum atomic E-state index is 13.8. The molecule has 0 bridgehead atoms. The van der Waals surface area contributed by atoms with E-state index < -0.39 is 17.8 Å². The normalized spacial score (nSPS) is 12.7. The van der Waals surface area contributed by atoms with Gasteiger partial charge in [-0.2, -0.15) is 0 Å². The van der Waals surface area contributed by atoms with E-state index in [1.54, 1.807) is 27.2 Å². The zero-order chi connectivity index (χ0) is 25.8. The molecule has 36 heavy (non-hydrogen) atoms. The molecule has 1 aliphatic heterocycles. The number of fused-ring (bicyclic) bond motifs is 1. The van der Waals surface area contributed by atoms with E-state index in [4.69, 9.17) is 9.47 Å². The van der Waals surface area contributed by atoms with Gasteiger partial charge < -0.3 is 25.0 Å². The lowest BCUT2D eigenvalue weighted by atomic mass is 10.1. The third kappa shape index (κ3) is 5.65. The van der Waals surface area contributed by atoms with Crippen LogP contribution in [-0.4, -0.2) is 48.7 Å². The monoisotopic (exact) mass is 514 g/mol. The number of pyridine rings is 1. The van der Waals surface area contributed by atoms with Crippen LogP contribution in [0.3, 0.4) is 0 Å². The van der Waals surface area contributed by atoms with Crippen molar-refractivity contribution >= 4 is 39.8 Å². The molecule has 4 rings (SSSR count). The quantitative estimate of drug-likeness (QED) is 0.436. The molecule has 0 atom stereocenters. The lowest BCUT2D eigenvalue weighted by molar-refractivity contribution is 0.0943. The van der Waals surface area contributed by atoms with Crippen LogP contribution in [0.4, 0.5) is 25.7 Å². The minimum atomic E-state index is -0.577. The van der Waals surface area contributed by atoms with Crippen LogP contribution in [0, 0.1) is 5.82 Å². The second kappa shape index (κ2) is 10.8. The third-order valence-corrected chi connectivity index (χ3v) is 6.43. The minimum absolute atomic E-state index is 0.0384. The smallest absolute Gasteiger partial charge is 0.325 e. The molecule has 2 aromatic heterocycles. The highest BCUT2D eigenvalue weighted by Crippen LogP contribution is 2.34. The number of aromatic nitrogens is 2. The lowest BCUT2D eigenvalue weighted by Gasteiger charge is -2.28. The number of rotatable bonds is 7. The summed E-state index contributed by atoms with van der Waals surface area (Å²) in [7, 11) is 3.10. The number of halogens is 1. The highest BCUT2D eigenvalue weighted by Gasteiger charge is 2.23. The second-order valence-corrected chi connectivity index (χ2v) is 9.45. The van der Waals surface area contributed by atoms with E-state index in [9.17, 15) is 14.0 Å². The van der Waals surface area contributed by atoms with Crippen molar-refractivity contribution < 1.29 is 23.5 Å². The predicted molar refractivity (Wildman–Crippen MR) is 136 cm³/mol. The van der Waals surface area contributed by atoms with Crippen LogP contribution in [-0.2, 0) is 13.0 Å². The number of anilines is 3. The van der Waals surface area contributed by atoms with E-state index in [-0.39, 0.29) is 17.3 Å². The fourth-order valence-electron chi connectivity index (χ4n) is 3.77. The fraction of sp³-hybridized carbons (Fsp3) is 0.333. The molecular formula is C24H27FN6O4S. The Morgan fingerprint density at radius 2 is 1.97 bits per heavy atom. The van der Waals surface area contributed by atoms with Gasteiger partial charge in [0.2, 0.25) is 0 Å². The molecule has 3 aromatic rings. The highest BCUT2D eigenvalue weighted by atomic mass is 32.1. The Kier molecular flexibility index (Phi) is 7.53. The topological polar surface area (TPSA) is 118 Å². The van der Waals surface area contributed by atoms with Gasteiger partial charge in [0.1, 0.15) is 5.82 Å². The van der Waals surface area contributed by atoms with Gasteiger partial charge in [0.15, 0.2) is 10.9 Å². The number of nitrogens with zero attached hydrogens (tertiary/aromatic N) is 3. The molecule has 0 spiro atoms. The van der Waals surface area contributed by atoms with Gasteiger partial charge in [-0.05, 0) is 32.0 Å². The molecule has 0 radical (unpaired) electrons. The van der Waals surface area contributed by atoms with Gasteiger partial charge in [-0.25, -0.2) is 19.2 Å². The summed E-state index contributed by atoms with van der Waals surface area (Å²) in [4.78, 5) is 37.1. The van der Waals surface area contributed by atoms with Crippen molar-refractivity contribution in [2.75, 3.05) is 36.3 Å². The summed E-state index contributed by atoms with van der Waals surface area (Å²) in [6.07, 6.45) is 2.43. The number of carbonyl (C=O) groups is 2. The van der Waals surface area contributed by atoms with E-state index >= 15 is 0 Å². The molecule has 0 saturated carbocycles. The van der Waals surface area contributed by atoms with Crippen LogP contribution < -0.4 is 30.3 Å². The number of carbonyl (C=O) groups excluding carboxylic acids is 2. The molecule has 3 amide bonds. The Morgan fingerprint density at radius 3 is 2.69 bits per heavy atom. The van der Waals surface area contributed by atoms with Gasteiger partial charge in [-0.3, -0.25) is 10.1 Å². The number of ether oxygens (including phenoxy) is 2. The number of thiazole rings is 1. The first-order valence-corrected chi connectivity index (χ1v) is 12.1. The molecule has 190 valence electrons. The van der Waals surface area contributed by atoms with E-state index in [2.05, 4.69) is 30.8 Å². The molecule has 0 unspecified atom stereocenters. The van der Waals surface area contributed by atoms with Crippen LogP contribution in [0.1, 0.15) is 34.8 Å². The van der Waals surface area contributed by atoms with Gasteiger partial charge in [0, 0.05) is 30.0 Å². The number of hydrogen-bond acceptors (Lipinski definition) is 8. The summed E-state index contributed by atoms with van der Waals surface area (Å²) in [5.41, 5.74) is 2.04. The standard InChI is InChI=1S/C24H27FN6O4S/c1-13(2)27-21(32)16-9-14(25)5-6-17(16)28-23(33)30-24-29-18-7-8-31(12-20(18)36-24)15-10-19(34-3)22(35-4)26-11-15/h5-6,9-11,13H,7-8,12H2,1-4H3,(H,27,32)(H2,28,29,30,33). The van der Waals surface area contributed by atoms with Gasteiger partial charge in [0.05, 0.1) is 49.6 Å². The summed E-state index contributed by atoms with van der Waals surface area (Å²) in [6.45, 7) is 4.92. The molecule has 12 heteroatoms. The van der Waals surface area contributed by atoms with Gasteiger partial charge in [-0.15, -0.1) is 0 Å². The Bertz CT molecular complexity index is 1280. The van der Waals surface area contributed by atoms with Crippen molar-refractivity contribution in [3.63, 3.8) is 0 Å².